The van der Waals surface area contributed by atoms with E-state index in [1.165, 1.54) is 39.5 Å². The van der Waals surface area contributed by atoms with Gasteiger partial charge in [-0.15, -0.1) is 9.81 Å². The summed E-state index contributed by atoms with van der Waals surface area (Å²) < 4.78 is 21.0. The number of carbonyl (C=O) groups excluding carboxylic acids is 1. The van der Waals surface area contributed by atoms with E-state index in [9.17, 15) is 14.6 Å². The van der Waals surface area contributed by atoms with Gasteiger partial charge in [0.1, 0.15) is 23.7 Å². The van der Waals surface area contributed by atoms with Gasteiger partial charge in [-0.2, -0.15) is 0 Å². The molecule has 2 rings (SSSR count). The van der Waals surface area contributed by atoms with Crippen LogP contribution in [0.15, 0.2) is 46.8 Å². The van der Waals surface area contributed by atoms with Crippen LogP contribution in [0, 0.1) is 9.81 Å². The van der Waals surface area contributed by atoms with Crippen molar-refractivity contribution in [2.45, 2.75) is 6.42 Å². The molecule has 0 fully saturated rings. The third kappa shape index (κ3) is 5.61. The van der Waals surface area contributed by atoms with E-state index in [1.54, 1.807) is 24.3 Å². The Bertz CT molecular complexity index is 925. The zero-order chi connectivity index (χ0) is 21.2. The highest BCUT2D eigenvalue weighted by Gasteiger charge is 2.11. The van der Waals surface area contributed by atoms with E-state index in [2.05, 4.69) is 10.4 Å². The molecule has 0 aliphatic heterocycles. The van der Waals surface area contributed by atoms with Gasteiger partial charge < -0.3 is 18.9 Å². The molecule has 29 heavy (non-hydrogen) atoms. The van der Waals surface area contributed by atoms with Crippen molar-refractivity contribution < 1.29 is 23.7 Å². The van der Waals surface area contributed by atoms with Gasteiger partial charge in [0.25, 0.3) is 0 Å². The standard InChI is InChI=1S/C20H20N2O7/c1-26-17-12-19(28-3)18(27-2)11-14(17)5-4-8-29-20(23)10-13-6-7-15(21-24)16(9-13)22-25/h4-7,9,11-12H,8,10H2,1-3H3/b5-4+. The van der Waals surface area contributed by atoms with Gasteiger partial charge in [-0.25, -0.2) is 0 Å². The van der Waals surface area contributed by atoms with Gasteiger partial charge in [0, 0.05) is 11.6 Å². The molecule has 0 heterocycles. The number of rotatable bonds is 10. The van der Waals surface area contributed by atoms with Gasteiger partial charge in [0.05, 0.1) is 27.8 Å². The van der Waals surface area contributed by atoms with E-state index in [0.29, 0.717) is 22.8 Å². The number of hydrogen-bond acceptors (Lipinski definition) is 9. The van der Waals surface area contributed by atoms with Crippen molar-refractivity contribution in [2.75, 3.05) is 27.9 Å². The average molecular weight is 400 g/mol. The van der Waals surface area contributed by atoms with E-state index in [4.69, 9.17) is 18.9 Å². The summed E-state index contributed by atoms with van der Waals surface area (Å²) in [6.07, 6.45) is 3.31. The molecule has 9 heteroatoms. The summed E-state index contributed by atoms with van der Waals surface area (Å²) in [5.74, 6) is 1.14. The second-order valence-electron chi connectivity index (χ2n) is 5.72. The number of nitrogens with zero attached hydrogens (tertiary/aromatic N) is 2. The minimum Gasteiger partial charge on any atom is -0.496 e. The number of methoxy groups -OCH3 is 3. The monoisotopic (exact) mass is 400 g/mol. The Morgan fingerprint density at radius 3 is 2.17 bits per heavy atom. The van der Waals surface area contributed by atoms with Crippen LogP contribution in [0.5, 0.6) is 17.2 Å². The summed E-state index contributed by atoms with van der Waals surface area (Å²) in [4.78, 5) is 33.2. The van der Waals surface area contributed by atoms with E-state index in [0.717, 1.165) is 5.56 Å². The zero-order valence-corrected chi connectivity index (χ0v) is 16.2. The molecule has 0 radical (unpaired) electrons. The Morgan fingerprint density at radius 2 is 1.55 bits per heavy atom. The van der Waals surface area contributed by atoms with Crippen molar-refractivity contribution >= 4 is 23.4 Å². The molecule has 0 amide bonds. The maximum absolute atomic E-state index is 12.0. The molecule has 0 saturated heterocycles. The summed E-state index contributed by atoms with van der Waals surface area (Å²) in [6, 6.07) is 7.61. The number of carbonyl (C=O) groups is 1. The Labute approximate surface area is 167 Å². The average Bonchev–Trinajstić information content (AvgIpc) is 2.75. The molecule has 2 aromatic carbocycles. The van der Waals surface area contributed by atoms with E-state index >= 15 is 0 Å². The number of benzene rings is 2. The summed E-state index contributed by atoms with van der Waals surface area (Å²) in [7, 11) is 4.60. The van der Waals surface area contributed by atoms with E-state index < -0.39 is 5.97 Å². The molecule has 0 aliphatic carbocycles. The lowest BCUT2D eigenvalue weighted by atomic mass is 10.1. The van der Waals surface area contributed by atoms with Crippen molar-refractivity contribution in [1.82, 2.24) is 0 Å². The fourth-order valence-electron chi connectivity index (χ4n) is 2.55. The first-order valence-electron chi connectivity index (χ1n) is 8.48. The van der Waals surface area contributed by atoms with Crippen molar-refractivity contribution in [3.8, 4) is 17.2 Å². The van der Waals surface area contributed by atoms with Crippen LogP contribution in [0.3, 0.4) is 0 Å². The molecule has 0 N–H and O–H groups in total. The molecule has 0 atom stereocenters. The van der Waals surface area contributed by atoms with Crippen LogP contribution < -0.4 is 14.2 Å². The number of nitroso groups, excluding NO2 is 2. The summed E-state index contributed by atoms with van der Waals surface area (Å²) in [5, 5.41) is 5.42. The van der Waals surface area contributed by atoms with Gasteiger partial charge in [-0.1, -0.05) is 12.1 Å². The molecule has 0 saturated carbocycles. The second kappa shape index (κ2) is 10.5. The zero-order valence-electron chi connectivity index (χ0n) is 16.2. The first-order chi connectivity index (χ1) is 14.1. The minimum absolute atomic E-state index is 0.0309. The van der Waals surface area contributed by atoms with Gasteiger partial charge in [-0.3, -0.25) is 4.79 Å². The molecule has 9 nitrogen and oxygen atoms in total. The predicted octanol–water partition coefficient (Wildman–Crippen LogP) is 4.31. The molecule has 2 aromatic rings. The maximum Gasteiger partial charge on any atom is 0.310 e. The highest BCUT2D eigenvalue weighted by Crippen LogP contribution is 2.35. The van der Waals surface area contributed by atoms with Crippen molar-refractivity contribution in [3.05, 3.63) is 57.3 Å². The lowest BCUT2D eigenvalue weighted by molar-refractivity contribution is -0.141. The fraction of sp³-hybridized carbons (Fsp3) is 0.250. The van der Waals surface area contributed by atoms with Crippen LogP contribution in [-0.4, -0.2) is 33.9 Å². The van der Waals surface area contributed by atoms with Gasteiger partial charge in [0.15, 0.2) is 11.5 Å². The Morgan fingerprint density at radius 1 is 0.897 bits per heavy atom. The predicted molar refractivity (Wildman–Crippen MR) is 107 cm³/mol. The smallest absolute Gasteiger partial charge is 0.310 e. The third-order valence-corrected chi connectivity index (χ3v) is 3.96. The second-order valence-corrected chi connectivity index (χ2v) is 5.72. The molecule has 152 valence electrons. The molecular formula is C20H20N2O7. The van der Waals surface area contributed by atoms with Crippen molar-refractivity contribution in [2.24, 2.45) is 10.4 Å². The van der Waals surface area contributed by atoms with Crippen molar-refractivity contribution in [1.29, 1.82) is 0 Å². The summed E-state index contributed by atoms with van der Waals surface area (Å²) >= 11 is 0. The Hall–Kier alpha value is -3.75. The molecule has 0 bridgehead atoms. The van der Waals surface area contributed by atoms with E-state index in [1.807, 2.05) is 0 Å². The van der Waals surface area contributed by atoms with Crippen LogP contribution in [-0.2, 0) is 16.0 Å². The summed E-state index contributed by atoms with van der Waals surface area (Å²) in [5.41, 5.74) is 1.01. The van der Waals surface area contributed by atoms with E-state index in [-0.39, 0.29) is 24.4 Å². The van der Waals surface area contributed by atoms with Gasteiger partial charge in [-0.05, 0) is 40.2 Å². The SMILES string of the molecule is COc1cc(OC)c(OC)cc1/C=C/COC(=O)Cc1ccc(N=O)c(N=O)c1. The van der Waals surface area contributed by atoms with Crippen LogP contribution in [0.1, 0.15) is 11.1 Å². The van der Waals surface area contributed by atoms with Crippen molar-refractivity contribution in [3.63, 3.8) is 0 Å². The Kier molecular flexibility index (Phi) is 7.84. The lowest BCUT2D eigenvalue weighted by Gasteiger charge is -2.12. The van der Waals surface area contributed by atoms with Gasteiger partial charge >= 0.3 is 5.97 Å². The minimum atomic E-state index is -0.502. The van der Waals surface area contributed by atoms with Crippen LogP contribution in [0.2, 0.25) is 0 Å². The molecule has 0 spiro atoms. The maximum atomic E-state index is 12.0. The highest BCUT2D eigenvalue weighted by molar-refractivity contribution is 5.74. The summed E-state index contributed by atoms with van der Waals surface area (Å²) in [6.45, 7) is 0.0309. The number of ether oxygens (including phenoxy) is 4. The molecule has 0 aromatic heterocycles. The molecular weight excluding hydrogens is 380 g/mol. The van der Waals surface area contributed by atoms with Crippen LogP contribution >= 0.6 is 0 Å². The molecule has 0 aliphatic rings. The van der Waals surface area contributed by atoms with Gasteiger partial charge in [0.2, 0.25) is 0 Å². The first-order valence-corrected chi connectivity index (χ1v) is 8.48. The highest BCUT2D eigenvalue weighted by atomic mass is 16.5. The van der Waals surface area contributed by atoms with Crippen LogP contribution in [0.4, 0.5) is 11.4 Å². The van der Waals surface area contributed by atoms with Crippen LogP contribution in [0.25, 0.3) is 6.08 Å². The fourth-order valence-corrected chi connectivity index (χ4v) is 2.55. The number of hydrogen-bond donors (Lipinski definition) is 0. The number of esters is 1. The third-order valence-electron chi connectivity index (χ3n) is 3.96. The quantitative estimate of drug-likeness (QED) is 0.431. The molecule has 0 unspecified atom stereocenters. The normalized spacial score (nSPS) is 10.4. The topological polar surface area (TPSA) is 113 Å². The first kappa shape index (κ1) is 21.5. The largest absolute Gasteiger partial charge is 0.496 e. The Balaban J connectivity index is 1.99. The lowest BCUT2D eigenvalue weighted by Crippen LogP contribution is -2.07.